The Kier molecular flexibility index (Phi) is 45.3. The minimum Gasteiger partial charge on any atom is -0.462 e. The lowest BCUT2D eigenvalue weighted by molar-refractivity contribution is -0.870. The summed E-state index contributed by atoms with van der Waals surface area (Å²) in [6.45, 7) is 4.26. The Hall–Kier alpha value is -2.81. The molecule has 0 aliphatic heterocycles. The highest BCUT2D eigenvalue weighted by molar-refractivity contribution is 7.47. The molecule has 0 radical (unpaired) electrons. The zero-order valence-electron chi connectivity index (χ0n) is 42.9. The van der Waals surface area contributed by atoms with E-state index in [0.717, 1.165) is 70.6 Å². The van der Waals surface area contributed by atoms with E-state index in [4.69, 9.17) is 18.5 Å². The normalized spacial score (nSPS) is 14.1. The number of hydrogen-bond donors (Lipinski definition) is 1. The van der Waals surface area contributed by atoms with Gasteiger partial charge in [-0.3, -0.25) is 18.6 Å². The Morgan fingerprint density at radius 2 is 0.864 bits per heavy atom. The number of hydrogen-bond acceptors (Lipinski definition) is 7. The highest BCUT2D eigenvalue weighted by Crippen LogP contribution is 2.43. The Labute approximate surface area is 405 Å². The molecule has 0 aromatic carbocycles. The van der Waals surface area contributed by atoms with E-state index in [9.17, 15) is 19.0 Å². The van der Waals surface area contributed by atoms with Crippen LogP contribution in [0.15, 0.2) is 85.1 Å². The molecule has 0 bridgehead atoms. The molecule has 1 N–H and O–H groups in total. The van der Waals surface area contributed by atoms with Gasteiger partial charge in [0.1, 0.15) is 19.8 Å². The van der Waals surface area contributed by atoms with Gasteiger partial charge in [-0.2, -0.15) is 0 Å². The maximum atomic E-state index is 12.8. The predicted octanol–water partition coefficient (Wildman–Crippen LogP) is 15.9. The first kappa shape index (κ1) is 63.2. The van der Waals surface area contributed by atoms with Gasteiger partial charge in [0.15, 0.2) is 6.10 Å². The number of rotatable bonds is 47. The molecule has 0 rings (SSSR count). The predicted molar refractivity (Wildman–Crippen MR) is 279 cm³/mol. The molecule has 0 saturated carbocycles. The van der Waals surface area contributed by atoms with Crippen molar-refractivity contribution in [1.29, 1.82) is 0 Å². The topological polar surface area (TPSA) is 108 Å². The van der Waals surface area contributed by atoms with E-state index in [1.54, 1.807) is 0 Å². The van der Waals surface area contributed by atoms with Crippen molar-refractivity contribution in [2.45, 2.75) is 213 Å². The van der Waals surface area contributed by atoms with Gasteiger partial charge in [-0.1, -0.05) is 189 Å². The van der Waals surface area contributed by atoms with Crippen LogP contribution in [0.3, 0.4) is 0 Å². The Balaban J connectivity index is 4.34. The monoisotopic (exact) mass is 945 g/mol. The Morgan fingerprint density at radius 1 is 0.485 bits per heavy atom. The van der Waals surface area contributed by atoms with Crippen molar-refractivity contribution in [2.24, 2.45) is 0 Å². The maximum Gasteiger partial charge on any atom is 0.472 e. The van der Waals surface area contributed by atoms with E-state index in [1.807, 2.05) is 21.1 Å². The van der Waals surface area contributed by atoms with Crippen LogP contribution in [0.5, 0.6) is 0 Å². The number of phosphoric ester groups is 1. The summed E-state index contributed by atoms with van der Waals surface area (Å²) in [6.07, 6.45) is 62.1. The second-order valence-electron chi connectivity index (χ2n) is 18.5. The highest BCUT2D eigenvalue weighted by atomic mass is 31.2. The van der Waals surface area contributed by atoms with Crippen molar-refractivity contribution >= 4 is 19.8 Å². The van der Waals surface area contributed by atoms with E-state index in [-0.39, 0.29) is 32.0 Å². The fraction of sp³-hybridized carbons (Fsp3) is 0.714. The number of allylic oxidation sites excluding steroid dienone is 14. The standard InChI is InChI=1S/C56H98NO8P/c1-6-8-10-12-14-16-18-20-22-24-26-28-30-32-34-36-38-40-42-44-46-48-55(58)62-52-54(53-64-66(60,61)63-51-50-57(3,4)5)65-56(59)49-47-45-43-41-39-37-35-33-31-29-27-25-23-21-19-17-15-13-11-9-7-2/h9,11,15,17,21,23-24,26-27,29,33,35,39,41,54H,6-8,10,12-14,16,18-20,22,25,28,30-32,34,36-38,40,42-53H2,1-5H3/p+1/b11-9-,17-15-,23-21-,26-24-,29-27-,35-33-,41-39-. The third-order valence-corrected chi connectivity index (χ3v) is 11.9. The van der Waals surface area contributed by atoms with Gasteiger partial charge in [0, 0.05) is 12.8 Å². The van der Waals surface area contributed by atoms with Gasteiger partial charge in [-0.25, -0.2) is 4.57 Å². The SMILES string of the molecule is CC/C=C\C/C=C\C/C=C\C/C=C\C/C=C\C/C=C\CCCCC(=O)OC(COC(=O)CCCCCCCCCCC/C=C\CCCCCCCCCC)COP(=O)(O)OCC[N+](C)(C)C. The number of esters is 2. The molecule has 9 nitrogen and oxygen atoms in total. The number of phosphoric acid groups is 1. The molecular weight excluding hydrogens is 846 g/mol. The molecule has 66 heavy (non-hydrogen) atoms. The van der Waals surface area contributed by atoms with Crippen LogP contribution in [0.2, 0.25) is 0 Å². The van der Waals surface area contributed by atoms with E-state index in [2.05, 4.69) is 98.9 Å². The summed E-state index contributed by atoms with van der Waals surface area (Å²) in [5.74, 6) is -0.854. The Morgan fingerprint density at radius 3 is 1.33 bits per heavy atom. The van der Waals surface area contributed by atoms with E-state index < -0.39 is 26.5 Å². The van der Waals surface area contributed by atoms with Gasteiger partial charge in [0.2, 0.25) is 0 Å². The summed E-state index contributed by atoms with van der Waals surface area (Å²) in [5.41, 5.74) is 0. The fourth-order valence-corrected chi connectivity index (χ4v) is 7.58. The van der Waals surface area contributed by atoms with Gasteiger partial charge < -0.3 is 18.9 Å². The molecule has 0 aromatic rings. The molecule has 0 heterocycles. The molecule has 0 aromatic heterocycles. The van der Waals surface area contributed by atoms with Gasteiger partial charge >= 0.3 is 19.8 Å². The van der Waals surface area contributed by atoms with Crippen molar-refractivity contribution in [3.8, 4) is 0 Å². The molecule has 10 heteroatoms. The van der Waals surface area contributed by atoms with Crippen LogP contribution < -0.4 is 0 Å². The molecule has 2 unspecified atom stereocenters. The number of quaternary nitrogens is 1. The first-order valence-electron chi connectivity index (χ1n) is 26.3. The van der Waals surface area contributed by atoms with Crippen molar-refractivity contribution in [1.82, 2.24) is 0 Å². The average Bonchev–Trinajstić information content (AvgIpc) is 3.27. The number of nitrogens with zero attached hydrogens (tertiary/aromatic N) is 1. The summed E-state index contributed by atoms with van der Waals surface area (Å²) in [7, 11) is 1.44. The van der Waals surface area contributed by atoms with Crippen molar-refractivity contribution in [3.63, 3.8) is 0 Å². The number of carbonyl (C=O) groups excluding carboxylic acids is 2. The second kappa shape index (κ2) is 47.3. The third-order valence-electron chi connectivity index (χ3n) is 10.9. The van der Waals surface area contributed by atoms with Gasteiger partial charge in [0.05, 0.1) is 27.7 Å². The van der Waals surface area contributed by atoms with E-state index in [1.165, 1.54) is 103 Å². The lowest BCUT2D eigenvalue weighted by atomic mass is 10.1. The number of unbranched alkanes of at least 4 members (excludes halogenated alkanes) is 19. The van der Waals surface area contributed by atoms with Gasteiger partial charge in [-0.05, 0) is 89.9 Å². The average molecular weight is 945 g/mol. The molecular formula is C56H99NO8P+. The second-order valence-corrected chi connectivity index (χ2v) is 20.0. The summed E-state index contributed by atoms with van der Waals surface area (Å²) >= 11 is 0. The maximum absolute atomic E-state index is 12.8. The molecule has 0 saturated heterocycles. The molecule has 0 amide bonds. The highest BCUT2D eigenvalue weighted by Gasteiger charge is 2.27. The fourth-order valence-electron chi connectivity index (χ4n) is 6.84. The summed E-state index contributed by atoms with van der Waals surface area (Å²) < 4.78 is 34.4. The molecule has 0 spiro atoms. The zero-order valence-corrected chi connectivity index (χ0v) is 43.8. The number of likely N-dealkylation sites (N-methyl/N-ethyl adjacent to an activating group) is 1. The third kappa shape index (κ3) is 50.6. The molecule has 0 aliphatic rings. The molecule has 0 aliphatic carbocycles. The zero-order chi connectivity index (χ0) is 48.5. The smallest absolute Gasteiger partial charge is 0.462 e. The first-order valence-corrected chi connectivity index (χ1v) is 27.8. The molecule has 0 fully saturated rings. The summed E-state index contributed by atoms with van der Waals surface area (Å²) in [5, 5.41) is 0. The first-order chi connectivity index (χ1) is 32.0. The molecule has 2 atom stereocenters. The van der Waals surface area contributed by atoms with Crippen LogP contribution >= 0.6 is 7.82 Å². The van der Waals surface area contributed by atoms with Crippen LogP contribution in [0.25, 0.3) is 0 Å². The van der Waals surface area contributed by atoms with Gasteiger partial charge in [-0.15, -0.1) is 0 Å². The minimum atomic E-state index is -4.40. The van der Waals surface area contributed by atoms with Crippen LogP contribution in [0.1, 0.15) is 206 Å². The summed E-state index contributed by atoms with van der Waals surface area (Å²) in [6, 6.07) is 0. The van der Waals surface area contributed by atoms with Crippen LogP contribution in [0.4, 0.5) is 0 Å². The molecule has 380 valence electrons. The van der Waals surface area contributed by atoms with Crippen molar-refractivity contribution in [3.05, 3.63) is 85.1 Å². The largest absolute Gasteiger partial charge is 0.472 e. The minimum absolute atomic E-state index is 0.0187. The quantitative estimate of drug-likeness (QED) is 0.0211. The lowest BCUT2D eigenvalue weighted by Gasteiger charge is -2.24. The van der Waals surface area contributed by atoms with Crippen molar-refractivity contribution in [2.75, 3.05) is 47.5 Å². The lowest BCUT2D eigenvalue weighted by Crippen LogP contribution is -2.37. The van der Waals surface area contributed by atoms with E-state index >= 15 is 0 Å². The van der Waals surface area contributed by atoms with Crippen LogP contribution in [-0.2, 0) is 32.7 Å². The van der Waals surface area contributed by atoms with E-state index in [0.29, 0.717) is 17.4 Å². The van der Waals surface area contributed by atoms with Crippen LogP contribution in [0, 0.1) is 0 Å². The summed E-state index contributed by atoms with van der Waals surface area (Å²) in [4.78, 5) is 35.6. The van der Waals surface area contributed by atoms with Gasteiger partial charge in [0.25, 0.3) is 0 Å². The van der Waals surface area contributed by atoms with Crippen molar-refractivity contribution < 1.29 is 42.1 Å². The number of ether oxygens (including phenoxy) is 2. The number of carbonyl (C=O) groups is 2. The Bertz CT molecular complexity index is 1390. The van der Waals surface area contributed by atoms with Crippen LogP contribution in [-0.4, -0.2) is 74.9 Å².